The zero-order valence-corrected chi connectivity index (χ0v) is 20.1. The summed E-state index contributed by atoms with van der Waals surface area (Å²) < 4.78 is 11.3. The highest BCUT2D eigenvalue weighted by Gasteiger charge is 2.46. The molecule has 7 nitrogen and oxygen atoms in total. The molecule has 0 saturated carbocycles. The third-order valence-electron chi connectivity index (χ3n) is 5.76. The highest BCUT2D eigenvalue weighted by Crippen LogP contribution is 2.41. The van der Waals surface area contributed by atoms with Gasteiger partial charge in [-0.15, -0.1) is 0 Å². The highest BCUT2D eigenvalue weighted by molar-refractivity contribution is 6.46. The number of amides is 1. The van der Waals surface area contributed by atoms with E-state index in [0.29, 0.717) is 35.8 Å². The molecule has 1 atom stereocenters. The van der Waals surface area contributed by atoms with Crippen molar-refractivity contribution in [3.63, 3.8) is 0 Å². The summed E-state index contributed by atoms with van der Waals surface area (Å²) in [6, 6.07) is 16.8. The van der Waals surface area contributed by atoms with Crippen molar-refractivity contribution in [2.45, 2.75) is 25.9 Å². The first-order valence-electron chi connectivity index (χ1n) is 11.8. The van der Waals surface area contributed by atoms with Gasteiger partial charge in [0.25, 0.3) is 11.7 Å². The molecular weight excluding hydrogens is 456 g/mol. The maximum absolute atomic E-state index is 13.3. The summed E-state index contributed by atoms with van der Waals surface area (Å²) in [6.07, 6.45) is 5.78. The summed E-state index contributed by atoms with van der Waals surface area (Å²) in [5, 5.41) is 11.3. The molecule has 7 heteroatoms. The Bertz CT molecular complexity index is 1270. The van der Waals surface area contributed by atoms with E-state index in [1.165, 1.54) is 4.90 Å². The van der Waals surface area contributed by atoms with Gasteiger partial charge >= 0.3 is 0 Å². The van der Waals surface area contributed by atoms with E-state index in [4.69, 9.17) is 9.47 Å². The second kappa shape index (κ2) is 11.4. The number of ether oxygens (including phenoxy) is 2. The van der Waals surface area contributed by atoms with Gasteiger partial charge in [0.05, 0.1) is 18.2 Å². The first kappa shape index (κ1) is 24.7. The summed E-state index contributed by atoms with van der Waals surface area (Å²) in [7, 11) is 0. The molecule has 1 saturated heterocycles. The molecule has 1 fully saturated rings. The number of aliphatic hydroxyl groups is 1. The fourth-order valence-corrected chi connectivity index (χ4v) is 4.09. The van der Waals surface area contributed by atoms with Gasteiger partial charge in [-0.2, -0.15) is 0 Å². The van der Waals surface area contributed by atoms with E-state index in [0.717, 1.165) is 12.0 Å². The molecule has 0 bridgehead atoms. The average molecular weight is 485 g/mol. The minimum Gasteiger partial charge on any atom is -0.507 e. The SMILES string of the molecule is C=CCOc1ccc(C2/C(=C(\O)c3cccc(OCCC)c3)C(=O)C(=O)N2Cc2cccnc2)cc1. The Morgan fingerprint density at radius 2 is 1.89 bits per heavy atom. The number of carbonyl (C=O) groups excluding carboxylic acids is 2. The summed E-state index contributed by atoms with van der Waals surface area (Å²) >= 11 is 0. The summed E-state index contributed by atoms with van der Waals surface area (Å²) in [5.41, 5.74) is 1.87. The number of aliphatic hydroxyl groups excluding tert-OH is 1. The van der Waals surface area contributed by atoms with Crippen LogP contribution >= 0.6 is 0 Å². The van der Waals surface area contributed by atoms with Gasteiger partial charge in [-0.25, -0.2) is 0 Å². The van der Waals surface area contributed by atoms with Gasteiger partial charge in [0.15, 0.2) is 0 Å². The number of Topliss-reactive ketones (excluding diaryl/α,β-unsaturated/α-hetero) is 1. The second-order valence-corrected chi connectivity index (χ2v) is 8.33. The van der Waals surface area contributed by atoms with E-state index in [1.54, 1.807) is 73.1 Å². The quantitative estimate of drug-likeness (QED) is 0.187. The lowest BCUT2D eigenvalue weighted by Crippen LogP contribution is -2.29. The molecule has 36 heavy (non-hydrogen) atoms. The zero-order valence-electron chi connectivity index (χ0n) is 20.1. The minimum atomic E-state index is -0.793. The van der Waals surface area contributed by atoms with Crippen LogP contribution in [0.1, 0.15) is 36.1 Å². The normalized spacial score (nSPS) is 16.7. The first-order chi connectivity index (χ1) is 17.5. The molecule has 2 heterocycles. The van der Waals surface area contributed by atoms with Crippen LogP contribution in [0.15, 0.2) is 91.3 Å². The van der Waals surface area contributed by atoms with Gasteiger partial charge in [0.2, 0.25) is 0 Å². The monoisotopic (exact) mass is 484 g/mol. The number of pyridine rings is 1. The van der Waals surface area contributed by atoms with Crippen molar-refractivity contribution < 1.29 is 24.2 Å². The van der Waals surface area contributed by atoms with Gasteiger partial charge < -0.3 is 19.5 Å². The molecule has 4 rings (SSSR count). The van der Waals surface area contributed by atoms with E-state index in [2.05, 4.69) is 11.6 Å². The molecule has 1 unspecified atom stereocenters. The van der Waals surface area contributed by atoms with Crippen molar-refractivity contribution in [2.75, 3.05) is 13.2 Å². The Hall–Kier alpha value is -4.39. The predicted octanol–water partition coefficient (Wildman–Crippen LogP) is 5.06. The van der Waals surface area contributed by atoms with Crippen LogP contribution in [-0.4, -0.2) is 39.9 Å². The molecule has 1 N–H and O–H groups in total. The van der Waals surface area contributed by atoms with Crippen LogP contribution in [0.5, 0.6) is 11.5 Å². The number of aromatic nitrogens is 1. The maximum atomic E-state index is 13.3. The first-order valence-corrected chi connectivity index (χ1v) is 11.8. The number of likely N-dealkylation sites (tertiary alicyclic amines) is 1. The predicted molar refractivity (Wildman–Crippen MR) is 136 cm³/mol. The molecular formula is C29H28N2O5. The summed E-state index contributed by atoms with van der Waals surface area (Å²) in [5.74, 6) is -0.473. The Morgan fingerprint density at radius 3 is 2.58 bits per heavy atom. The van der Waals surface area contributed by atoms with Crippen molar-refractivity contribution in [3.8, 4) is 11.5 Å². The van der Waals surface area contributed by atoms with E-state index >= 15 is 0 Å². The molecule has 0 aliphatic carbocycles. The fourth-order valence-electron chi connectivity index (χ4n) is 4.09. The van der Waals surface area contributed by atoms with Crippen LogP contribution in [0.25, 0.3) is 5.76 Å². The maximum Gasteiger partial charge on any atom is 0.295 e. The number of hydrogen-bond donors (Lipinski definition) is 1. The molecule has 184 valence electrons. The lowest BCUT2D eigenvalue weighted by molar-refractivity contribution is -0.140. The number of hydrogen-bond acceptors (Lipinski definition) is 6. The number of carbonyl (C=O) groups is 2. The van der Waals surface area contributed by atoms with Crippen molar-refractivity contribution in [1.29, 1.82) is 0 Å². The second-order valence-electron chi connectivity index (χ2n) is 8.33. The van der Waals surface area contributed by atoms with Gasteiger partial charge in [0, 0.05) is 24.5 Å². The summed E-state index contributed by atoms with van der Waals surface area (Å²) in [6.45, 7) is 6.70. The largest absolute Gasteiger partial charge is 0.507 e. The molecule has 1 amide bonds. The number of benzene rings is 2. The van der Waals surface area contributed by atoms with E-state index in [-0.39, 0.29) is 17.9 Å². The minimum absolute atomic E-state index is 0.0243. The van der Waals surface area contributed by atoms with Crippen LogP contribution in [0.2, 0.25) is 0 Å². The third-order valence-corrected chi connectivity index (χ3v) is 5.76. The van der Waals surface area contributed by atoms with Crippen LogP contribution in [-0.2, 0) is 16.1 Å². The van der Waals surface area contributed by atoms with Crippen LogP contribution < -0.4 is 9.47 Å². The Morgan fingerprint density at radius 1 is 1.08 bits per heavy atom. The van der Waals surface area contributed by atoms with Crippen molar-refractivity contribution in [2.24, 2.45) is 0 Å². The van der Waals surface area contributed by atoms with Crippen LogP contribution in [0, 0.1) is 0 Å². The van der Waals surface area contributed by atoms with Gasteiger partial charge in [-0.3, -0.25) is 14.6 Å². The topological polar surface area (TPSA) is 89.0 Å². The Labute approximate surface area is 210 Å². The van der Waals surface area contributed by atoms with Crippen molar-refractivity contribution >= 4 is 17.4 Å². The smallest absolute Gasteiger partial charge is 0.295 e. The fraction of sp³-hybridized carbons (Fsp3) is 0.207. The Balaban J connectivity index is 1.79. The third kappa shape index (κ3) is 5.30. The highest BCUT2D eigenvalue weighted by atomic mass is 16.5. The van der Waals surface area contributed by atoms with E-state index < -0.39 is 17.7 Å². The van der Waals surface area contributed by atoms with E-state index in [1.807, 2.05) is 13.0 Å². The standard InChI is InChI=1S/C29H28N2O5/c1-3-15-35-23-12-10-21(11-13-23)26-25(27(32)22-8-5-9-24(17-22)36-16-4-2)28(33)29(34)31(26)19-20-7-6-14-30-18-20/h3,5-14,17-18,26,32H,1,4,15-16,19H2,2H3/b27-25+. The average Bonchev–Trinajstić information content (AvgIpc) is 3.16. The Kier molecular flexibility index (Phi) is 7.80. The molecule has 0 spiro atoms. The summed E-state index contributed by atoms with van der Waals surface area (Å²) in [4.78, 5) is 32.1. The molecule has 1 aliphatic rings. The van der Waals surface area contributed by atoms with Gasteiger partial charge in [-0.1, -0.05) is 49.9 Å². The molecule has 1 aromatic heterocycles. The molecule has 1 aliphatic heterocycles. The molecule has 2 aromatic carbocycles. The zero-order chi connectivity index (χ0) is 25.5. The van der Waals surface area contributed by atoms with E-state index in [9.17, 15) is 14.7 Å². The van der Waals surface area contributed by atoms with Crippen LogP contribution in [0.3, 0.4) is 0 Å². The van der Waals surface area contributed by atoms with Gasteiger partial charge in [-0.05, 0) is 47.9 Å². The van der Waals surface area contributed by atoms with Crippen molar-refractivity contribution in [1.82, 2.24) is 9.88 Å². The number of nitrogens with zero attached hydrogens (tertiary/aromatic N) is 2. The number of ketones is 1. The lowest BCUT2D eigenvalue weighted by atomic mass is 9.95. The molecule has 0 radical (unpaired) electrons. The van der Waals surface area contributed by atoms with Gasteiger partial charge in [0.1, 0.15) is 23.9 Å². The van der Waals surface area contributed by atoms with Crippen LogP contribution in [0.4, 0.5) is 0 Å². The molecule has 3 aromatic rings. The number of rotatable bonds is 10. The van der Waals surface area contributed by atoms with Crippen molar-refractivity contribution in [3.05, 3.63) is 108 Å². The lowest BCUT2D eigenvalue weighted by Gasteiger charge is -2.25.